The highest BCUT2D eigenvalue weighted by molar-refractivity contribution is 6.38. The fourth-order valence-corrected chi connectivity index (χ4v) is 3.42. The van der Waals surface area contributed by atoms with E-state index in [1.165, 1.54) is 21.7 Å². The lowest BCUT2D eigenvalue weighted by Crippen LogP contribution is -2.35. The second-order valence-corrected chi connectivity index (χ2v) is 7.72. The Morgan fingerprint density at radius 2 is 1.94 bits per heavy atom. The molecule has 4 rings (SSSR count). The summed E-state index contributed by atoms with van der Waals surface area (Å²) < 4.78 is 6.64. The summed E-state index contributed by atoms with van der Waals surface area (Å²) in [4.78, 5) is 41.5. The summed E-state index contributed by atoms with van der Waals surface area (Å²) >= 11 is 5.91. The number of rotatable bonds is 4. The van der Waals surface area contributed by atoms with Gasteiger partial charge in [0.1, 0.15) is 18.0 Å². The van der Waals surface area contributed by atoms with Crippen LogP contribution in [0.1, 0.15) is 29.7 Å². The van der Waals surface area contributed by atoms with E-state index < -0.39 is 5.97 Å². The molecule has 0 N–H and O–H groups in total. The molecule has 1 aliphatic heterocycles. The number of hydrogen-bond acceptors (Lipinski definition) is 6. The topological polar surface area (TPSA) is 93.3 Å². The third kappa shape index (κ3) is 4.34. The Morgan fingerprint density at radius 3 is 2.74 bits per heavy atom. The van der Waals surface area contributed by atoms with Crippen molar-refractivity contribution in [3.05, 3.63) is 74.8 Å². The molecule has 158 valence electrons. The normalized spacial score (nSPS) is 14.0. The van der Waals surface area contributed by atoms with Crippen LogP contribution in [0.4, 0.5) is 5.69 Å². The van der Waals surface area contributed by atoms with Crippen LogP contribution in [0.15, 0.2) is 52.5 Å². The number of fused-ring (bicyclic) bond motifs is 1. The molecule has 0 spiro atoms. The smallest absolute Gasteiger partial charge is 0.354 e. The van der Waals surface area contributed by atoms with Crippen molar-refractivity contribution in [3.63, 3.8) is 0 Å². The van der Waals surface area contributed by atoms with Gasteiger partial charge in [0.25, 0.3) is 5.56 Å². The second-order valence-electron chi connectivity index (χ2n) is 7.28. The van der Waals surface area contributed by atoms with E-state index in [1.807, 2.05) is 32.0 Å². The Bertz CT molecular complexity index is 1300. The van der Waals surface area contributed by atoms with Crippen molar-refractivity contribution in [1.82, 2.24) is 9.38 Å². The van der Waals surface area contributed by atoms with E-state index in [-0.39, 0.29) is 36.6 Å². The van der Waals surface area contributed by atoms with Crippen molar-refractivity contribution in [2.24, 2.45) is 5.10 Å². The molecular formula is C22H19ClN4O4. The van der Waals surface area contributed by atoms with Crippen molar-refractivity contribution >= 4 is 40.5 Å². The van der Waals surface area contributed by atoms with Crippen LogP contribution in [-0.4, -0.2) is 27.0 Å². The number of aryl methyl sites for hydroxylation is 2. The molecule has 3 aromatic rings. The molecule has 1 aliphatic rings. The molecular weight excluding hydrogens is 420 g/mol. The minimum Gasteiger partial charge on any atom is -0.455 e. The number of aromatic nitrogens is 2. The summed E-state index contributed by atoms with van der Waals surface area (Å²) in [5.74, 6) is -0.839. The Morgan fingerprint density at radius 1 is 1.13 bits per heavy atom. The van der Waals surface area contributed by atoms with Gasteiger partial charge in [-0.1, -0.05) is 23.7 Å². The number of halogens is 1. The van der Waals surface area contributed by atoms with E-state index in [0.717, 1.165) is 11.1 Å². The van der Waals surface area contributed by atoms with Gasteiger partial charge in [-0.25, -0.2) is 9.78 Å². The lowest BCUT2D eigenvalue weighted by atomic mass is 10.1. The summed E-state index contributed by atoms with van der Waals surface area (Å²) in [7, 11) is 0. The summed E-state index contributed by atoms with van der Waals surface area (Å²) in [6.07, 6.45) is 1.81. The molecule has 2 aromatic heterocycles. The van der Waals surface area contributed by atoms with Crippen LogP contribution in [0.25, 0.3) is 5.65 Å². The number of anilines is 1. The van der Waals surface area contributed by atoms with Crippen LogP contribution in [0, 0.1) is 13.8 Å². The molecule has 0 radical (unpaired) electrons. The van der Waals surface area contributed by atoms with Gasteiger partial charge in [0, 0.05) is 25.1 Å². The molecule has 8 nitrogen and oxygen atoms in total. The van der Waals surface area contributed by atoms with Gasteiger partial charge in [0.15, 0.2) is 0 Å². The molecule has 31 heavy (non-hydrogen) atoms. The first-order valence-electron chi connectivity index (χ1n) is 9.64. The van der Waals surface area contributed by atoms with Crippen molar-refractivity contribution < 1.29 is 14.3 Å². The number of amides is 1. The zero-order chi connectivity index (χ0) is 22.1. The SMILES string of the molecule is Cc1ccc(C)c(N2N=C(C(=O)OCc3cc(=O)n4cc(Cl)ccc4n3)CCC2=O)c1. The molecule has 0 bridgehead atoms. The monoisotopic (exact) mass is 438 g/mol. The number of carbonyl (C=O) groups is 2. The van der Waals surface area contributed by atoms with Crippen LogP contribution in [-0.2, 0) is 20.9 Å². The summed E-state index contributed by atoms with van der Waals surface area (Å²) in [5, 5.41) is 5.92. The summed E-state index contributed by atoms with van der Waals surface area (Å²) in [6, 6.07) is 10.2. The lowest BCUT2D eigenvalue weighted by Gasteiger charge is -2.24. The molecule has 9 heteroatoms. The summed E-state index contributed by atoms with van der Waals surface area (Å²) in [5.41, 5.74) is 3.00. The molecule has 1 aromatic carbocycles. The Kier molecular flexibility index (Phi) is 5.56. The van der Waals surface area contributed by atoms with Crippen LogP contribution in [0.3, 0.4) is 0 Å². The number of hydrogen-bond donors (Lipinski definition) is 0. The maximum Gasteiger partial charge on any atom is 0.354 e. The standard InChI is InChI=1S/C22H19ClN4O4/c1-13-3-4-14(2)18(9-13)27-20(28)8-6-17(25-27)22(30)31-12-16-10-21(29)26-11-15(23)5-7-19(26)24-16/h3-5,7,9-11H,6,8,12H2,1-2H3. The average Bonchev–Trinajstić information content (AvgIpc) is 2.75. The number of esters is 1. The van der Waals surface area contributed by atoms with Crippen LogP contribution < -0.4 is 10.6 Å². The predicted octanol–water partition coefficient (Wildman–Crippen LogP) is 3.19. The highest BCUT2D eigenvalue weighted by Crippen LogP contribution is 2.25. The largest absolute Gasteiger partial charge is 0.455 e. The molecule has 3 heterocycles. The second kappa shape index (κ2) is 8.31. The van der Waals surface area contributed by atoms with Gasteiger partial charge in [-0.15, -0.1) is 0 Å². The Labute approximate surface area is 182 Å². The first-order chi connectivity index (χ1) is 14.8. The fraction of sp³-hybridized carbons (Fsp3) is 0.227. The molecule has 0 fully saturated rings. The molecule has 0 atom stereocenters. The number of benzene rings is 1. The van der Waals surface area contributed by atoms with Gasteiger partial charge in [-0.3, -0.25) is 14.0 Å². The van der Waals surface area contributed by atoms with Gasteiger partial charge < -0.3 is 4.74 Å². The van der Waals surface area contributed by atoms with Crippen molar-refractivity contribution in [2.45, 2.75) is 33.3 Å². The first kappa shape index (κ1) is 20.7. The average molecular weight is 439 g/mol. The molecule has 0 saturated carbocycles. The Hall–Kier alpha value is -3.52. The number of ether oxygens (including phenoxy) is 1. The molecule has 0 aliphatic carbocycles. The van der Waals surface area contributed by atoms with Crippen LogP contribution in [0.2, 0.25) is 5.02 Å². The summed E-state index contributed by atoms with van der Waals surface area (Å²) in [6.45, 7) is 3.61. The van der Waals surface area contributed by atoms with Crippen LogP contribution >= 0.6 is 11.6 Å². The quantitative estimate of drug-likeness (QED) is 0.583. The van der Waals surface area contributed by atoms with Crippen molar-refractivity contribution in [1.29, 1.82) is 0 Å². The van der Waals surface area contributed by atoms with Gasteiger partial charge in [-0.2, -0.15) is 10.1 Å². The van der Waals surface area contributed by atoms with E-state index in [4.69, 9.17) is 16.3 Å². The first-order valence-corrected chi connectivity index (χ1v) is 10.0. The Balaban J connectivity index is 1.54. The van der Waals surface area contributed by atoms with Gasteiger partial charge in [-0.05, 0) is 43.2 Å². The van der Waals surface area contributed by atoms with E-state index in [2.05, 4.69) is 10.1 Å². The van der Waals surface area contributed by atoms with E-state index in [1.54, 1.807) is 12.1 Å². The maximum atomic E-state index is 12.6. The zero-order valence-electron chi connectivity index (χ0n) is 17.0. The van der Waals surface area contributed by atoms with Gasteiger partial charge >= 0.3 is 5.97 Å². The van der Waals surface area contributed by atoms with Gasteiger partial charge in [0.2, 0.25) is 5.91 Å². The minimum atomic E-state index is -0.652. The van der Waals surface area contributed by atoms with E-state index in [9.17, 15) is 14.4 Å². The number of carbonyl (C=O) groups excluding carboxylic acids is 2. The predicted molar refractivity (Wildman–Crippen MR) is 116 cm³/mol. The molecule has 0 saturated heterocycles. The fourth-order valence-electron chi connectivity index (χ4n) is 3.26. The van der Waals surface area contributed by atoms with Gasteiger partial charge in [0.05, 0.1) is 16.4 Å². The highest BCUT2D eigenvalue weighted by atomic mass is 35.5. The van der Waals surface area contributed by atoms with Crippen LogP contribution in [0.5, 0.6) is 0 Å². The zero-order valence-corrected chi connectivity index (χ0v) is 17.7. The minimum absolute atomic E-state index is 0.143. The third-order valence-electron chi connectivity index (χ3n) is 4.89. The highest BCUT2D eigenvalue weighted by Gasteiger charge is 2.27. The number of pyridine rings is 1. The van der Waals surface area contributed by atoms with E-state index >= 15 is 0 Å². The number of nitrogens with zero attached hydrogens (tertiary/aromatic N) is 4. The molecule has 0 unspecified atom stereocenters. The van der Waals surface area contributed by atoms with Crippen molar-refractivity contribution in [3.8, 4) is 0 Å². The maximum absolute atomic E-state index is 12.6. The third-order valence-corrected chi connectivity index (χ3v) is 5.11. The molecule has 1 amide bonds. The van der Waals surface area contributed by atoms with E-state index in [0.29, 0.717) is 22.1 Å². The van der Waals surface area contributed by atoms with Crippen molar-refractivity contribution in [2.75, 3.05) is 5.01 Å². The number of hydrazone groups is 1. The lowest BCUT2D eigenvalue weighted by molar-refractivity contribution is -0.137.